The average molecular weight is 715 g/mol. The van der Waals surface area contributed by atoms with Crippen LogP contribution in [0.25, 0.3) is 33.5 Å². The molecule has 52 heavy (non-hydrogen) atoms. The van der Waals surface area contributed by atoms with Crippen molar-refractivity contribution in [3.63, 3.8) is 0 Å². The van der Waals surface area contributed by atoms with Gasteiger partial charge in [-0.1, -0.05) is 6.07 Å². The highest BCUT2D eigenvalue weighted by atomic mass is 19.3. The van der Waals surface area contributed by atoms with Crippen molar-refractivity contribution in [2.75, 3.05) is 44.2 Å². The van der Waals surface area contributed by atoms with E-state index < -0.39 is 30.6 Å². The Labute approximate surface area is 297 Å². The van der Waals surface area contributed by atoms with Crippen molar-refractivity contribution in [1.82, 2.24) is 24.8 Å². The molecule has 1 aliphatic carbocycles. The fourth-order valence-electron chi connectivity index (χ4n) is 7.56. The molecule has 1 saturated carbocycles. The van der Waals surface area contributed by atoms with Gasteiger partial charge in [0.2, 0.25) is 0 Å². The number of piperazine rings is 1. The molecule has 3 aliphatic rings. The number of carbonyl (C=O) groups excluding carboxylic acids is 1. The standard InChI is InChI=1S/C39H38F4N6O3/c1-22-18-47(8-9-48(22)20-36(42)43)19-23-2-5-32(45-17-23)33-16-29-27(6-7-44-38(29)46-33)28-14-26(40)15-34(30(28)21-50)49-10-11-52-35-13-25(24-3-4-24)12-31(41)37(35)39(49)51/h2,5-7,12-17,22,24,36,50H,3-4,8-11,18-21H2,1H3,(H,44,46)/t22-/m0/s1. The Balaban J connectivity index is 1.07. The molecule has 2 N–H and O–H groups in total. The lowest BCUT2D eigenvalue weighted by atomic mass is 9.95. The van der Waals surface area contributed by atoms with Crippen molar-refractivity contribution in [1.29, 1.82) is 0 Å². The Morgan fingerprint density at radius 2 is 1.87 bits per heavy atom. The topological polar surface area (TPSA) is 97.8 Å². The molecule has 0 spiro atoms. The summed E-state index contributed by atoms with van der Waals surface area (Å²) in [5, 5.41) is 11.4. The zero-order valence-electron chi connectivity index (χ0n) is 28.6. The molecule has 13 heteroatoms. The number of ether oxygens (including phenoxy) is 1. The molecule has 2 aliphatic heterocycles. The van der Waals surface area contributed by atoms with Crippen molar-refractivity contribution < 1.29 is 32.2 Å². The summed E-state index contributed by atoms with van der Waals surface area (Å²) in [6, 6.07) is 13.1. The minimum Gasteiger partial charge on any atom is -0.491 e. The molecular weight excluding hydrogens is 676 g/mol. The normalized spacial score (nSPS) is 18.6. The first kappa shape index (κ1) is 34.2. The number of benzene rings is 2. The highest BCUT2D eigenvalue weighted by Gasteiger charge is 2.33. The molecule has 5 heterocycles. The Morgan fingerprint density at radius 3 is 2.60 bits per heavy atom. The molecule has 8 rings (SSSR count). The number of pyridine rings is 2. The van der Waals surface area contributed by atoms with Gasteiger partial charge in [0.1, 0.15) is 35.2 Å². The summed E-state index contributed by atoms with van der Waals surface area (Å²) < 4.78 is 62.6. The van der Waals surface area contributed by atoms with E-state index in [1.165, 1.54) is 23.1 Å². The average Bonchev–Trinajstić information content (AvgIpc) is 3.91. The van der Waals surface area contributed by atoms with E-state index in [1.807, 2.05) is 30.0 Å². The fourth-order valence-corrected chi connectivity index (χ4v) is 7.56. The maximum Gasteiger partial charge on any atom is 0.265 e. The third-order valence-electron chi connectivity index (χ3n) is 10.3. The van der Waals surface area contributed by atoms with Crippen LogP contribution in [0, 0.1) is 11.6 Å². The number of aromatic nitrogens is 3. The summed E-state index contributed by atoms with van der Waals surface area (Å²) in [5.41, 5.74) is 4.81. The number of halogens is 4. The first-order valence-electron chi connectivity index (χ1n) is 17.6. The van der Waals surface area contributed by atoms with E-state index in [0.29, 0.717) is 65.3 Å². The molecule has 3 aromatic heterocycles. The number of hydrogen-bond donors (Lipinski definition) is 2. The van der Waals surface area contributed by atoms with Crippen LogP contribution in [0.2, 0.25) is 0 Å². The van der Waals surface area contributed by atoms with Crippen LogP contribution in [0.4, 0.5) is 23.2 Å². The van der Waals surface area contributed by atoms with Gasteiger partial charge in [-0.05, 0) is 90.4 Å². The largest absolute Gasteiger partial charge is 0.491 e. The highest BCUT2D eigenvalue weighted by molar-refractivity contribution is 6.09. The second-order valence-corrected chi connectivity index (χ2v) is 13.9. The summed E-state index contributed by atoms with van der Waals surface area (Å²) >= 11 is 0. The third kappa shape index (κ3) is 6.64. The number of fused-ring (bicyclic) bond motifs is 2. The zero-order chi connectivity index (χ0) is 36.1. The van der Waals surface area contributed by atoms with Gasteiger partial charge in [0, 0.05) is 55.6 Å². The monoisotopic (exact) mass is 714 g/mol. The van der Waals surface area contributed by atoms with Gasteiger partial charge in [0.25, 0.3) is 12.3 Å². The van der Waals surface area contributed by atoms with Gasteiger partial charge in [-0.3, -0.25) is 19.6 Å². The number of amides is 1. The van der Waals surface area contributed by atoms with Crippen LogP contribution in [0.15, 0.2) is 60.9 Å². The van der Waals surface area contributed by atoms with Crippen molar-refractivity contribution in [3.8, 4) is 28.3 Å². The number of aliphatic hydroxyl groups is 1. The van der Waals surface area contributed by atoms with Crippen LogP contribution in [-0.4, -0.2) is 87.6 Å². The van der Waals surface area contributed by atoms with Gasteiger partial charge in [0.15, 0.2) is 0 Å². The summed E-state index contributed by atoms with van der Waals surface area (Å²) in [7, 11) is 0. The van der Waals surface area contributed by atoms with E-state index in [-0.39, 0.29) is 48.7 Å². The van der Waals surface area contributed by atoms with Gasteiger partial charge in [-0.2, -0.15) is 0 Å². The Hall–Kier alpha value is -4.85. The van der Waals surface area contributed by atoms with Crippen molar-refractivity contribution in [2.24, 2.45) is 0 Å². The van der Waals surface area contributed by atoms with Crippen LogP contribution in [0.3, 0.4) is 0 Å². The first-order valence-corrected chi connectivity index (χ1v) is 17.6. The summed E-state index contributed by atoms with van der Waals surface area (Å²) in [6.45, 7) is 3.94. The van der Waals surface area contributed by atoms with Crippen molar-refractivity contribution in [2.45, 2.75) is 51.3 Å². The molecule has 2 fully saturated rings. The Morgan fingerprint density at radius 1 is 1.02 bits per heavy atom. The molecule has 0 bridgehead atoms. The smallest absolute Gasteiger partial charge is 0.265 e. The van der Waals surface area contributed by atoms with Crippen LogP contribution >= 0.6 is 0 Å². The van der Waals surface area contributed by atoms with Gasteiger partial charge < -0.3 is 19.7 Å². The van der Waals surface area contributed by atoms with E-state index in [2.05, 4.69) is 19.9 Å². The quantitative estimate of drug-likeness (QED) is 0.163. The summed E-state index contributed by atoms with van der Waals surface area (Å²) in [6.07, 6.45) is 2.96. The predicted molar refractivity (Wildman–Crippen MR) is 189 cm³/mol. The minimum absolute atomic E-state index is 0.0251. The second-order valence-electron chi connectivity index (χ2n) is 13.9. The van der Waals surface area contributed by atoms with Gasteiger partial charge >= 0.3 is 0 Å². The zero-order valence-corrected chi connectivity index (χ0v) is 28.6. The van der Waals surface area contributed by atoms with E-state index in [9.17, 15) is 18.7 Å². The van der Waals surface area contributed by atoms with Crippen LogP contribution in [-0.2, 0) is 13.2 Å². The van der Waals surface area contributed by atoms with Crippen LogP contribution in [0.5, 0.6) is 5.75 Å². The van der Waals surface area contributed by atoms with E-state index in [1.54, 1.807) is 24.5 Å². The lowest BCUT2D eigenvalue weighted by Crippen LogP contribution is -2.52. The van der Waals surface area contributed by atoms with Gasteiger partial charge in [-0.25, -0.2) is 22.5 Å². The molecule has 0 unspecified atom stereocenters. The fraction of sp³-hybridized carbons (Fsp3) is 0.359. The van der Waals surface area contributed by atoms with E-state index in [4.69, 9.17) is 4.74 Å². The Kier molecular flexibility index (Phi) is 9.18. The maximum atomic E-state index is 15.5. The number of alkyl halides is 2. The number of aliphatic hydroxyl groups excluding tert-OH is 1. The van der Waals surface area contributed by atoms with Crippen molar-refractivity contribution in [3.05, 3.63) is 94.8 Å². The molecule has 0 radical (unpaired) electrons. The number of hydrogen-bond acceptors (Lipinski definition) is 7. The number of carbonyl (C=O) groups is 1. The lowest BCUT2D eigenvalue weighted by Gasteiger charge is -2.39. The molecule has 9 nitrogen and oxygen atoms in total. The number of nitrogens with zero attached hydrogens (tertiary/aromatic N) is 5. The van der Waals surface area contributed by atoms with E-state index >= 15 is 8.78 Å². The van der Waals surface area contributed by atoms with Crippen LogP contribution < -0.4 is 9.64 Å². The van der Waals surface area contributed by atoms with Crippen LogP contribution in [0.1, 0.15) is 52.7 Å². The predicted octanol–water partition coefficient (Wildman–Crippen LogP) is 6.75. The molecule has 270 valence electrons. The number of rotatable bonds is 9. The Bertz CT molecular complexity index is 2140. The van der Waals surface area contributed by atoms with Crippen molar-refractivity contribution >= 4 is 22.6 Å². The molecule has 1 saturated heterocycles. The first-order chi connectivity index (χ1) is 25.2. The number of H-pyrrole nitrogens is 1. The number of nitrogens with one attached hydrogen (secondary N) is 1. The maximum absolute atomic E-state index is 15.5. The third-order valence-corrected chi connectivity index (χ3v) is 10.3. The number of anilines is 1. The summed E-state index contributed by atoms with van der Waals surface area (Å²) in [5.74, 6) is -1.55. The minimum atomic E-state index is -2.35. The molecule has 2 aromatic carbocycles. The summed E-state index contributed by atoms with van der Waals surface area (Å²) in [4.78, 5) is 31.7. The molecular formula is C39H38F4N6O3. The molecule has 5 aromatic rings. The second kappa shape index (κ2) is 13.9. The number of aromatic amines is 1. The lowest BCUT2D eigenvalue weighted by molar-refractivity contribution is 0.0242. The van der Waals surface area contributed by atoms with Gasteiger partial charge in [0.05, 0.1) is 36.8 Å². The molecule has 1 amide bonds. The highest BCUT2D eigenvalue weighted by Crippen LogP contribution is 2.44. The van der Waals surface area contributed by atoms with E-state index in [0.717, 1.165) is 24.0 Å². The van der Waals surface area contributed by atoms with Gasteiger partial charge in [-0.15, -0.1) is 0 Å². The molecule has 1 atom stereocenters. The SMILES string of the molecule is C[C@H]1CN(Cc2ccc(-c3cc4c(-c5cc(F)cc(N6CCOc7cc(C8CC8)cc(F)c7C6=O)c5CO)ccnc4[nH]3)nc2)CCN1CC(F)F.